The van der Waals surface area contributed by atoms with Gasteiger partial charge in [-0.3, -0.25) is 0 Å². The minimum Gasteiger partial charge on any atom is -0.385 e. The molecule has 4 nitrogen and oxygen atoms in total. The molecule has 0 aromatic heterocycles. The van der Waals surface area contributed by atoms with Gasteiger partial charge in [0, 0.05) is 17.9 Å². The van der Waals surface area contributed by atoms with Gasteiger partial charge in [0.25, 0.3) is 0 Å². The fourth-order valence-electron chi connectivity index (χ4n) is 2.95. The number of hydrogen-bond acceptors (Lipinski definition) is 2. The number of ether oxygens (including phenoxy) is 1. The summed E-state index contributed by atoms with van der Waals surface area (Å²) < 4.78 is 5.58. The van der Waals surface area contributed by atoms with Crippen LogP contribution in [0.4, 0.5) is 0 Å². The van der Waals surface area contributed by atoms with Crippen LogP contribution in [0.2, 0.25) is 5.02 Å². The Morgan fingerprint density at radius 3 is 2.64 bits per heavy atom. The van der Waals surface area contributed by atoms with E-state index in [0.29, 0.717) is 19.3 Å². The zero-order valence-electron chi connectivity index (χ0n) is 13.4. The summed E-state index contributed by atoms with van der Waals surface area (Å²) >= 11 is 5.84. The Labute approximate surface area is 138 Å². The van der Waals surface area contributed by atoms with Gasteiger partial charge in [0.1, 0.15) is 12.6 Å². The summed E-state index contributed by atoms with van der Waals surface area (Å²) in [5.41, 5.74) is 1.08. The summed E-state index contributed by atoms with van der Waals surface area (Å²) in [4.78, 5) is 1.71. The molecule has 1 aromatic carbocycles. The molecule has 0 aliphatic carbocycles. The molecule has 0 bridgehead atoms. The topological polar surface area (TPSA) is 50.5 Å². The molecule has 0 saturated carbocycles. The minimum absolute atomic E-state index is 0.387. The normalized spacial score (nSPS) is 23.4. The molecule has 124 valence electrons. The number of quaternary nitrogens is 2. The summed E-state index contributed by atoms with van der Waals surface area (Å²) in [6.45, 7) is 7.65. The van der Waals surface area contributed by atoms with Crippen molar-refractivity contribution in [3.05, 3.63) is 34.9 Å². The van der Waals surface area contributed by atoms with Gasteiger partial charge in [0.05, 0.1) is 38.9 Å². The third-order valence-electron chi connectivity index (χ3n) is 4.47. The number of nitrogens with one attached hydrogen (secondary N) is 1. The molecule has 22 heavy (non-hydrogen) atoms. The first kappa shape index (κ1) is 17.7. The number of aliphatic hydroxyl groups excluding tert-OH is 1. The van der Waals surface area contributed by atoms with Gasteiger partial charge < -0.3 is 20.1 Å². The monoisotopic (exact) mass is 328 g/mol. The fourth-order valence-corrected chi connectivity index (χ4v) is 3.07. The highest BCUT2D eigenvalue weighted by Gasteiger charge is 2.23. The number of rotatable bonds is 8. The highest BCUT2D eigenvalue weighted by molar-refractivity contribution is 6.30. The van der Waals surface area contributed by atoms with Crippen LogP contribution in [-0.4, -0.2) is 50.0 Å². The van der Waals surface area contributed by atoms with E-state index in [1.165, 1.54) is 32.5 Å². The molecule has 1 atom stereocenters. The summed E-state index contributed by atoms with van der Waals surface area (Å²) in [7, 11) is 0. The van der Waals surface area contributed by atoms with Crippen molar-refractivity contribution in [2.75, 3.05) is 32.8 Å². The van der Waals surface area contributed by atoms with Crippen LogP contribution >= 0.6 is 11.6 Å². The van der Waals surface area contributed by atoms with Gasteiger partial charge in [-0.1, -0.05) is 23.7 Å². The van der Waals surface area contributed by atoms with E-state index < -0.39 is 6.10 Å². The van der Waals surface area contributed by atoms with Gasteiger partial charge in [0.15, 0.2) is 0 Å². The zero-order valence-corrected chi connectivity index (χ0v) is 14.2. The smallest absolute Gasteiger partial charge is 0.126 e. The van der Waals surface area contributed by atoms with E-state index in [0.717, 1.165) is 17.1 Å². The molecular weight excluding hydrogens is 300 g/mol. The predicted molar refractivity (Wildman–Crippen MR) is 88.2 cm³/mol. The minimum atomic E-state index is -0.399. The number of aliphatic hydroxyl groups is 1. The Hall–Kier alpha value is -0.650. The second-order valence-electron chi connectivity index (χ2n) is 6.21. The molecule has 0 unspecified atom stereocenters. The van der Waals surface area contributed by atoms with E-state index in [1.54, 1.807) is 4.90 Å². The molecule has 1 aliphatic rings. The van der Waals surface area contributed by atoms with Gasteiger partial charge in [-0.25, -0.2) is 0 Å². The summed E-state index contributed by atoms with van der Waals surface area (Å²) in [6.07, 6.45) is 2.10. The Morgan fingerprint density at radius 2 is 2.00 bits per heavy atom. The molecular formula is C17H29ClN2O2+2. The highest BCUT2D eigenvalue weighted by atomic mass is 35.5. The average molecular weight is 329 g/mol. The molecule has 1 aromatic rings. The van der Waals surface area contributed by atoms with Crippen LogP contribution in [0.25, 0.3) is 0 Å². The summed E-state index contributed by atoms with van der Waals surface area (Å²) in [5.74, 6) is 0. The molecule has 1 saturated heterocycles. The predicted octanol–water partition coefficient (Wildman–Crippen LogP) is -0.152. The number of hydrogen-bond donors (Lipinski definition) is 3. The maximum Gasteiger partial charge on any atom is 0.126 e. The molecule has 5 heteroatoms. The van der Waals surface area contributed by atoms with Gasteiger partial charge in [-0.15, -0.1) is 0 Å². The van der Waals surface area contributed by atoms with E-state index in [-0.39, 0.29) is 0 Å². The van der Waals surface area contributed by atoms with E-state index >= 15 is 0 Å². The van der Waals surface area contributed by atoms with Crippen molar-refractivity contribution in [1.29, 1.82) is 0 Å². The summed E-state index contributed by atoms with van der Waals surface area (Å²) in [6, 6.07) is 8.28. The molecule has 1 fully saturated rings. The third-order valence-corrected chi connectivity index (χ3v) is 4.72. The maximum absolute atomic E-state index is 10.0. The van der Waals surface area contributed by atoms with E-state index in [1.807, 2.05) is 24.3 Å². The molecule has 0 radical (unpaired) electrons. The number of halogens is 1. The van der Waals surface area contributed by atoms with Crippen molar-refractivity contribution < 1.29 is 20.1 Å². The quantitative estimate of drug-likeness (QED) is 0.621. The maximum atomic E-state index is 10.0. The van der Waals surface area contributed by atoms with E-state index in [9.17, 15) is 5.11 Å². The second-order valence-corrected chi connectivity index (χ2v) is 6.64. The van der Waals surface area contributed by atoms with Crippen molar-refractivity contribution in [3.8, 4) is 0 Å². The van der Waals surface area contributed by atoms with Crippen LogP contribution in [-0.2, 0) is 11.3 Å². The van der Waals surface area contributed by atoms with Crippen LogP contribution in [0, 0.1) is 0 Å². The Morgan fingerprint density at radius 1 is 1.32 bits per heavy atom. The Bertz CT molecular complexity index is 419. The lowest BCUT2D eigenvalue weighted by Crippen LogP contribution is -3.14. The first-order valence-corrected chi connectivity index (χ1v) is 8.72. The van der Waals surface area contributed by atoms with Crippen molar-refractivity contribution >= 4 is 11.6 Å². The van der Waals surface area contributed by atoms with Gasteiger partial charge >= 0.3 is 0 Å². The van der Waals surface area contributed by atoms with Gasteiger partial charge in [0.2, 0.25) is 0 Å². The average Bonchev–Trinajstić information content (AvgIpc) is 2.55. The van der Waals surface area contributed by atoms with Crippen molar-refractivity contribution in [2.45, 2.75) is 38.5 Å². The Kier molecular flexibility index (Phi) is 7.63. The number of benzene rings is 1. The molecule has 0 amide bonds. The SMILES string of the molecule is CC[NH+]1CCC([NH2+]C[C@H](O)COCc2ccc(Cl)cc2)CC1. The number of nitrogens with two attached hydrogens (primary N) is 1. The van der Waals surface area contributed by atoms with Crippen LogP contribution in [0.5, 0.6) is 0 Å². The van der Waals surface area contributed by atoms with Gasteiger partial charge in [-0.05, 0) is 24.6 Å². The first-order chi connectivity index (χ1) is 10.7. The number of likely N-dealkylation sites (tertiary alicyclic amines) is 1. The van der Waals surface area contributed by atoms with Crippen LogP contribution < -0.4 is 10.2 Å². The van der Waals surface area contributed by atoms with E-state index in [4.69, 9.17) is 16.3 Å². The zero-order chi connectivity index (χ0) is 15.8. The lowest BCUT2D eigenvalue weighted by atomic mass is 10.1. The largest absolute Gasteiger partial charge is 0.385 e. The third kappa shape index (κ3) is 6.23. The molecule has 1 aliphatic heterocycles. The molecule has 4 N–H and O–H groups in total. The summed E-state index contributed by atoms with van der Waals surface area (Å²) in [5, 5.41) is 13.0. The van der Waals surface area contributed by atoms with Crippen molar-refractivity contribution in [1.82, 2.24) is 0 Å². The molecule has 1 heterocycles. The van der Waals surface area contributed by atoms with Crippen LogP contribution in [0.3, 0.4) is 0 Å². The highest BCUT2D eigenvalue weighted by Crippen LogP contribution is 2.10. The second kappa shape index (κ2) is 9.48. The van der Waals surface area contributed by atoms with Crippen LogP contribution in [0.15, 0.2) is 24.3 Å². The molecule has 2 rings (SSSR count). The lowest BCUT2D eigenvalue weighted by molar-refractivity contribution is -0.911. The number of piperidine rings is 1. The van der Waals surface area contributed by atoms with Crippen LogP contribution in [0.1, 0.15) is 25.3 Å². The lowest BCUT2D eigenvalue weighted by Gasteiger charge is -2.27. The van der Waals surface area contributed by atoms with Gasteiger partial charge in [-0.2, -0.15) is 0 Å². The molecule has 0 spiro atoms. The van der Waals surface area contributed by atoms with Crippen molar-refractivity contribution in [3.63, 3.8) is 0 Å². The Balaban J connectivity index is 1.56. The first-order valence-electron chi connectivity index (χ1n) is 8.34. The van der Waals surface area contributed by atoms with E-state index in [2.05, 4.69) is 12.2 Å². The fraction of sp³-hybridized carbons (Fsp3) is 0.647. The standard InChI is InChI=1S/C17H27ClN2O2/c1-2-20-9-7-16(8-10-20)19-11-17(21)13-22-12-14-3-5-15(18)6-4-14/h3-6,16-17,19,21H,2,7-13H2,1H3/p+2/t17-/m0/s1. The van der Waals surface area contributed by atoms with Crippen molar-refractivity contribution in [2.24, 2.45) is 0 Å².